The highest BCUT2D eigenvalue weighted by atomic mass is 19.4. The molecule has 2 heterocycles. The number of carboxylic acid groups (broad SMARTS) is 1. The molecule has 1 aromatic heterocycles. The lowest BCUT2D eigenvalue weighted by atomic mass is 9.85. The summed E-state index contributed by atoms with van der Waals surface area (Å²) >= 11 is 0. The molecule has 0 aliphatic carbocycles. The second-order valence-corrected chi connectivity index (χ2v) is 9.89. The minimum absolute atomic E-state index is 0.00256. The third-order valence-electron chi connectivity index (χ3n) is 7.24. The number of alkyl halides is 4. The number of nitrogens with one attached hydrogen (secondary N) is 2. The van der Waals surface area contributed by atoms with E-state index in [1.807, 2.05) is 0 Å². The summed E-state index contributed by atoms with van der Waals surface area (Å²) in [5.74, 6) is -2.80. The van der Waals surface area contributed by atoms with E-state index < -0.39 is 55.6 Å². The first-order chi connectivity index (χ1) is 18.5. The maximum Gasteiger partial charge on any atom is 0.404 e. The number of fused-ring (bicyclic) bond motifs is 3. The molecule has 3 N–H and O–H groups in total. The number of rotatable bonds is 11. The fraction of sp³-hybridized carbons (Fsp3) is 0.464. The van der Waals surface area contributed by atoms with Gasteiger partial charge in [-0.3, -0.25) is 14.1 Å². The Kier molecular flexibility index (Phi) is 8.80. The van der Waals surface area contributed by atoms with E-state index in [4.69, 9.17) is 4.74 Å². The van der Waals surface area contributed by atoms with Gasteiger partial charge in [0.1, 0.15) is 24.2 Å². The van der Waals surface area contributed by atoms with Gasteiger partial charge in [-0.25, -0.2) is 4.39 Å². The van der Waals surface area contributed by atoms with Crippen LogP contribution in [0.15, 0.2) is 36.4 Å². The molecule has 1 aliphatic heterocycles. The number of benzene rings is 2. The molecule has 39 heavy (non-hydrogen) atoms. The molecule has 3 aromatic rings. The summed E-state index contributed by atoms with van der Waals surface area (Å²) in [6, 6.07) is 6.28. The van der Waals surface area contributed by atoms with Gasteiger partial charge in [0.2, 0.25) is 0 Å². The quantitative estimate of drug-likeness (QED) is 0.215. The summed E-state index contributed by atoms with van der Waals surface area (Å²) in [7, 11) is 0. The first kappa shape index (κ1) is 28.8. The number of aliphatic carboxylic acids is 1. The Hall–Kier alpha value is -3.18. The van der Waals surface area contributed by atoms with Crippen molar-refractivity contribution in [2.24, 2.45) is 5.92 Å². The Morgan fingerprint density at radius 3 is 2.67 bits per heavy atom. The highest BCUT2D eigenvalue weighted by Crippen LogP contribution is 2.47. The van der Waals surface area contributed by atoms with Crippen LogP contribution in [-0.2, 0) is 11.2 Å². The van der Waals surface area contributed by atoms with E-state index in [2.05, 4.69) is 10.3 Å². The van der Waals surface area contributed by atoms with Gasteiger partial charge in [-0.1, -0.05) is 25.1 Å². The Bertz CT molecular complexity index is 1310. The molecule has 0 saturated heterocycles. The van der Waals surface area contributed by atoms with Crippen LogP contribution in [0.2, 0.25) is 0 Å². The number of ether oxygens (including phenoxy) is 1. The van der Waals surface area contributed by atoms with Crippen LogP contribution in [-0.4, -0.2) is 66.1 Å². The number of aromatic nitrogens is 1. The third-order valence-corrected chi connectivity index (χ3v) is 7.24. The lowest BCUT2D eigenvalue weighted by Gasteiger charge is -2.44. The summed E-state index contributed by atoms with van der Waals surface area (Å²) in [6.07, 6.45) is -4.73. The van der Waals surface area contributed by atoms with Crippen molar-refractivity contribution in [1.82, 2.24) is 15.2 Å². The second-order valence-electron chi connectivity index (χ2n) is 9.89. The molecule has 212 valence electrons. The predicted molar refractivity (Wildman–Crippen MR) is 137 cm³/mol. The highest BCUT2D eigenvalue weighted by Gasteiger charge is 2.51. The maximum absolute atomic E-state index is 15.6. The highest BCUT2D eigenvalue weighted by molar-refractivity contribution is 5.85. The number of hydrogen-bond acceptors (Lipinski definition) is 4. The topological polar surface area (TPSA) is 77.6 Å². The van der Waals surface area contributed by atoms with Gasteiger partial charge in [-0.05, 0) is 55.6 Å². The van der Waals surface area contributed by atoms with Gasteiger partial charge in [-0.2, -0.15) is 13.2 Å². The number of carbonyl (C=O) groups is 1. The van der Waals surface area contributed by atoms with Crippen LogP contribution in [0, 0.1) is 18.7 Å². The van der Waals surface area contributed by atoms with Crippen LogP contribution < -0.4 is 10.1 Å². The third kappa shape index (κ3) is 6.04. The van der Waals surface area contributed by atoms with Crippen LogP contribution in [0.3, 0.4) is 0 Å². The zero-order valence-corrected chi connectivity index (χ0v) is 21.7. The van der Waals surface area contributed by atoms with Crippen molar-refractivity contribution >= 4 is 16.9 Å². The largest absolute Gasteiger partial charge is 0.492 e. The number of carboxylic acids is 1. The van der Waals surface area contributed by atoms with E-state index in [9.17, 15) is 27.5 Å². The molecule has 3 unspecified atom stereocenters. The summed E-state index contributed by atoms with van der Waals surface area (Å²) in [5, 5.41) is 13.2. The van der Waals surface area contributed by atoms with Crippen LogP contribution in [0.4, 0.5) is 22.0 Å². The maximum atomic E-state index is 15.6. The molecule has 6 nitrogen and oxygen atoms in total. The van der Waals surface area contributed by atoms with Crippen LogP contribution in [0.1, 0.15) is 41.8 Å². The number of para-hydroxylation sites is 1. The molecule has 2 aromatic carbocycles. The Morgan fingerprint density at radius 1 is 1.23 bits per heavy atom. The van der Waals surface area contributed by atoms with Crippen molar-refractivity contribution in [3.63, 3.8) is 0 Å². The van der Waals surface area contributed by atoms with Gasteiger partial charge in [0.15, 0.2) is 0 Å². The molecule has 1 aliphatic rings. The van der Waals surface area contributed by atoms with E-state index in [1.54, 1.807) is 31.2 Å². The van der Waals surface area contributed by atoms with E-state index in [0.717, 1.165) is 11.0 Å². The molecular formula is C28H32F5N3O3. The molecule has 0 fully saturated rings. The summed E-state index contributed by atoms with van der Waals surface area (Å²) in [4.78, 5) is 16.0. The van der Waals surface area contributed by atoms with E-state index in [-0.39, 0.29) is 12.2 Å². The van der Waals surface area contributed by atoms with Crippen molar-refractivity contribution in [2.75, 3.05) is 32.9 Å². The number of aromatic amines is 1. The zero-order valence-electron chi connectivity index (χ0n) is 21.7. The fourth-order valence-corrected chi connectivity index (χ4v) is 5.29. The normalized spacial score (nSPS) is 18.7. The molecule has 0 bridgehead atoms. The summed E-state index contributed by atoms with van der Waals surface area (Å²) < 4.78 is 77.4. The molecule has 4 rings (SSSR count). The van der Waals surface area contributed by atoms with Gasteiger partial charge < -0.3 is 20.1 Å². The molecule has 0 saturated carbocycles. The van der Waals surface area contributed by atoms with E-state index >= 15 is 4.39 Å². The first-order valence-corrected chi connectivity index (χ1v) is 12.9. The first-order valence-electron chi connectivity index (χ1n) is 12.9. The molecule has 0 radical (unpaired) electrons. The van der Waals surface area contributed by atoms with E-state index in [0.29, 0.717) is 53.0 Å². The van der Waals surface area contributed by atoms with Gasteiger partial charge in [0.25, 0.3) is 0 Å². The minimum Gasteiger partial charge on any atom is -0.492 e. The molecule has 0 amide bonds. The van der Waals surface area contributed by atoms with Crippen LogP contribution in [0.5, 0.6) is 5.75 Å². The fourth-order valence-electron chi connectivity index (χ4n) is 5.29. The molecule has 3 atom stereocenters. The Labute approximate surface area is 223 Å². The molecule has 11 heteroatoms. The minimum atomic E-state index is -4.70. The summed E-state index contributed by atoms with van der Waals surface area (Å²) in [5.41, 5.74) is 1.77. The van der Waals surface area contributed by atoms with Crippen molar-refractivity contribution < 1.29 is 36.6 Å². The molecular weight excluding hydrogens is 521 g/mol. The number of halogens is 5. The zero-order chi connectivity index (χ0) is 28.3. The smallest absolute Gasteiger partial charge is 0.404 e. The van der Waals surface area contributed by atoms with Crippen molar-refractivity contribution in [2.45, 2.75) is 44.9 Å². The van der Waals surface area contributed by atoms with Crippen molar-refractivity contribution in [3.05, 3.63) is 64.6 Å². The predicted octanol–water partition coefficient (Wildman–Crippen LogP) is 5.54. The Balaban J connectivity index is 1.83. The standard InChI is InChI=1S/C28H32F5N3O3/c1-16(27(37)38)15-36-23(28(31,32)33)14-19-18-6-3-4-7-21(18)35-25(19)26(36)24-17(2)22(9-8-20(24)30)39-13-12-34-11-5-10-29/h3-4,6-9,16,23,26,34-35H,5,10-15H2,1-2H3,(H,37,38). The SMILES string of the molecule is Cc1c(OCCNCCCF)ccc(F)c1C1c2[nH]c3ccccc3c2CC(C(F)(F)F)N1CC(C)C(=O)O. The van der Waals surface area contributed by atoms with Gasteiger partial charge in [0, 0.05) is 35.2 Å². The average Bonchev–Trinajstić information content (AvgIpc) is 3.25. The number of hydrogen-bond donors (Lipinski definition) is 3. The second kappa shape index (κ2) is 11.9. The lowest BCUT2D eigenvalue weighted by Crippen LogP contribution is -2.54. The average molecular weight is 554 g/mol. The van der Waals surface area contributed by atoms with Crippen molar-refractivity contribution in [3.8, 4) is 5.75 Å². The van der Waals surface area contributed by atoms with Gasteiger partial charge in [-0.15, -0.1) is 0 Å². The number of H-pyrrole nitrogens is 1. The van der Waals surface area contributed by atoms with Crippen LogP contribution in [0.25, 0.3) is 10.9 Å². The molecule has 0 spiro atoms. The van der Waals surface area contributed by atoms with Crippen molar-refractivity contribution in [1.29, 1.82) is 0 Å². The summed E-state index contributed by atoms with van der Waals surface area (Å²) in [6.45, 7) is 3.09. The van der Waals surface area contributed by atoms with Crippen LogP contribution >= 0.6 is 0 Å². The van der Waals surface area contributed by atoms with Gasteiger partial charge >= 0.3 is 12.1 Å². The van der Waals surface area contributed by atoms with E-state index in [1.165, 1.54) is 13.0 Å². The monoisotopic (exact) mass is 553 g/mol. The van der Waals surface area contributed by atoms with Gasteiger partial charge in [0.05, 0.1) is 18.6 Å². The lowest BCUT2D eigenvalue weighted by molar-refractivity contribution is -0.193. The Morgan fingerprint density at radius 2 is 1.97 bits per heavy atom. The number of nitrogens with zero attached hydrogens (tertiary/aromatic N) is 1.